The molecule has 2 rings (SSSR count). The zero-order chi connectivity index (χ0) is 13.5. The van der Waals surface area contributed by atoms with Gasteiger partial charge in [0.1, 0.15) is 11.3 Å². The van der Waals surface area contributed by atoms with Crippen molar-refractivity contribution in [2.24, 2.45) is 7.05 Å². The normalized spacial score (nSPS) is 14.6. The van der Waals surface area contributed by atoms with Crippen LogP contribution in [0.3, 0.4) is 0 Å². The monoisotopic (exact) mass is 393 g/mol. The maximum absolute atomic E-state index is 10.7. The molecule has 4 nitrogen and oxygen atoms in total. The van der Waals surface area contributed by atoms with Crippen molar-refractivity contribution in [3.63, 3.8) is 0 Å². The fourth-order valence-corrected chi connectivity index (χ4v) is 3.43. The van der Waals surface area contributed by atoms with Crippen LogP contribution in [0.15, 0.2) is 27.3 Å². The Bertz CT molecular complexity index is 578. The van der Waals surface area contributed by atoms with Gasteiger partial charge >= 0.3 is 0 Å². The molecule has 1 aromatic carbocycles. The van der Waals surface area contributed by atoms with Crippen molar-refractivity contribution in [1.29, 1.82) is 0 Å². The molecule has 96 valence electrons. The molecule has 1 atom stereocenters. The second-order valence-corrected chi connectivity index (χ2v) is 6.12. The highest BCUT2D eigenvalue weighted by atomic mass is 79.9. The lowest BCUT2D eigenvalue weighted by atomic mass is 9.93. The third-order valence-electron chi connectivity index (χ3n) is 2.70. The van der Waals surface area contributed by atoms with Crippen molar-refractivity contribution >= 4 is 43.5 Å². The summed E-state index contributed by atoms with van der Waals surface area (Å²) in [7, 11) is 1.72. The minimum atomic E-state index is -1.28. The Morgan fingerprint density at radius 2 is 2.06 bits per heavy atom. The Hall–Kier alpha value is -0.430. The second kappa shape index (κ2) is 4.92. The first-order chi connectivity index (χ1) is 8.34. The summed E-state index contributed by atoms with van der Waals surface area (Å²) in [6.07, 6.45) is 0. The van der Waals surface area contributed by atoms with E-state index in [9.17, 15) is 5.11 Å². The van der Waals surface area contributed by atoms with E-state index in [4.69, 9.17) is 11.6 Å². The summed E-state index contributed by atoms with van der Waals surface area (Å²) in [5, 5.41) is 19.0. The van der Waals surface area contributed by atoms with Gasteiger partial charge in [-0.05, 0) is 35.0 Å². The summed E-state index contributed by atoms with van der Waals surface area (Å²) in [6, 6.07) is 5.34. The summed E-state index contributed by atoms with van der Waals surface area (Å²) in [5.74, 6) is 0. The third-order valence-corrected chi connectivity index (χ3v) is 4.04. The fraction of sp³-hybridized carbons (Fsp3) is 0.273. The van der Waals surface area contributed by atoms with Crippen LogP contribution in [-0.2, 0) is 12.6 Å². The number of aromatic nitrogens is 3. The minimum absolute atomic E-state index is 0.475. The van der Waals surface area contributed by atoms with Crippen LogP contribution in [0, 0.1) is 0 Å². The lowest BCUT2D eigenvalue weighted by Crippen LogP contribution is -2.27. The average molecular weight is 395 g/mol. The standard InChI is InChI=1S/C11H10Br2ClN3O/c1-11(18,9-10(13)15-16-17(9)2)7-4-3-6(12)5-8(7)14/h3-5,18H,1-2H3. The fourth-order valence-electron chi connectivity index (χ4n) is 1.86. The van der Waals surface area contributed by atoms with Crippen LogP contribution in [0.1, 0.15) is 18.2 Å². The highest BCUT2D eigenvalue weighted by Gasteiger charge is 2.34. The number of aryl methyl sites for hydroxylation is 1. The number of aliphatic hydroxyl groups is 1. The highest BCUT2D eigenvalue weighted by Crippen LogP contribution is 2.37. The van der Waals surface area contributed by atoms with Crippen molar-refractivity contribution in [3.05, 3.63) is 43.6 Å². The summed E-state index contributed by atoms with van der Waals surface area (Å²) >= 11 is 12.8. The number of rotatable bonds is 2. The summed E-state index contributed by atoms with van der Waals surface area (Å²) in [6.45, 7) is 1.66. The molecule has 7 heteroatoms. The predicted octanol–water partition coefficient (Wildman–Crippen LogP) is 3.25. The van der Waals surface area contributed by atoms with Gasteiger partial charge in [0.2, 0.25) is 0 Å². The van der Waals surface area contributed by atoms with Crippen LogP contribution in [-0.4, -0.2) is 20.1 Å². The number of benzene rings is 1. The summed E-state index contributed by atoms with van der Waals surface area (Å²) in [4.78, 5) is 0. The van der Waals surface area contributed by atoms with E-state index in [1.807, 2.05) is 6.07 Å². The molecular formula is C11H10Br2ClN3O. The Balaban J connectivity index is 2.61. The summed E-state index contributed by atoms with van der Waals surface area (Å²) < 4.78 is 2.87. The van der Waals surface area contributed by atoms with E-state index >= 15 is 0 Å². The Morgan fingerprint density at radius 1 is 1.39 bits per heavy atom. The second-order valence-electron chi connectivity index (χ2n) is 4.05. The zero-order valence-electron chi connectivity index (χ0n) is 9.65. The lowest BCUT2D eigenvalue weighted by Gasteiger charge is -2.25. The topological polar surface area (TPSA) is 50.9 Å². The van der Waals surface area contributed by atoms with Crippen LogP contribution < -0.4 is 0 Å². The van der Waals surface area contributed by atoms with Gasteiger partial charge in [-0.1, -0.05) is 38.8 Å². The molecule has 1 unspecified atom stereocenters. The van der Waals surface area contributed by atoms with E-state index in [2.05, 4.69) is 42.2 Å². The molecule has 0 saturated heterocycles. The molecular weight excluding hydrogens is 385 g/mol. The smallest absolute Gasteiger partial charge is 0.154 e. The van der Waals surface area contributed by atoms with Gasteiger partial charge in [-0.2, -0.15) is 0 Å². The van der Waals surface area contributed by atoms with Gasteiger partial charge in [0.05, 0.1) is 0 Å². The van der Waals surface area contributed by atoms with Crippen LogP contribution in [0.25, 0.3) is 0 Å². The van der Waals surface area contributed by atoms with E-state index in [-0.39, 0.29) is 0 Å². The first-order valence-electron chi connectivity index (χ1n) is 5.07. The largest absolute Gasteiger partial charge is 0.379 e. The third kappa shape index (κ3) is 2.34. The molecule has 1 N–H and O–H groups in total. The molecule has 0 spiro atoms. The molecule has 0 aliphatic heterocycles. The number of halogens is 3. The maximum Gasteiger partial charge on any atom is 0.154 e. The molecule has 1 aromatic heterocycles. The number of hydrogen-bond acceptors (Lipinski definition) is 3. The van der Waals surface area contributed by atoms with Gasteiger partial charge in [-0.3, -0.25) is 0 Å². The molecule has 0 fully saturated rings. The Labute approximate surface area is 126 Å². The zero-order valence-corrected chi connectivity index (χ0v) is 13.6. The molecule has 1 heterocycles. The van der Waals surface area contributed by atoms with Crippen LogP contribution in [0.2, 0.25) is 5.02 Å². The van der Waals surface area contributed by atoms with E-state index in [1.54, 1.807) is 26.1 Å². The minimum Gasteiger partial charge on any atom is -0.379 e. The highest BCUT2D eigenvalue weighted by molar-refractivity contribution is 9.10. The van der Waals surface area contributed by atoms with Gasteiger partial charge < -0.3 is 5.11 Å². The Morgan fingerprint density at radius 3 is 2.56 bits per heavy atom. The number of nitrogens with zero attached hydrogens (tertiary/aromatic N) is 3. The van der Waals surface area contributed by atoms with Crippen LogP contribution in [0.5, 0.6) is 0 Å². The molecule has 0 bridgehead atoms. The van der Waals surface area contributed by atoms with Crippen LogP contribution >= 0.6 is 43.5 Å². The van der Waals surface area contributed by atoms with Gasteiger partial charge in [0, 0.05) is 22.1 Å². The van der Waals surface area contributed by atoms with Crippen molar-refractivity contribution in [2.75, 3.05) is 0 Å². The molecule has 0 amide bonds. The van der Waals surface area contributed by atoms with Gasteiger partial charge in [-0.25, -0.2) is 4.68 Å². The van der Waals surface area contributed by atoms with E-state index < -0.39 is 5.60 Å². The van der Waals surface area contributed by atoms with Crippen molar-refractivity contribution < 1.29 is 5.11 Å². The van der Waals surface area contributed by atoms with Gasteiger partial charge in [-0.15, -0.1) is 5.10 Å². The lowest BCUT2D eigenvalue weighted by molar-refractivity contribution is 0.0922. The van der Waals surface area contributed by atoms with Gasteiger partial charge in [0.25, 0.3) is 0 Å². The van der Waals surface area contributed by atoms with Crippen molar-refractivity contribution in [1.82, 2.24) is 15.0 Å². The molecule has 0 radical (unpaired) electrons. The predicted molar refractivity (Wildman–Crippen MR) is 76.5 cm³/mol. The van der Waals surface area contributed by atoms with Crippen molar-refractivity contribution in [2.45, 2.75) is 12.5 Å². The van der Waals surface area contributed by atoms with E-state index in [0.29, 0.717) is 20.9 Å². The molecule has 0 saturated carbocycles. The van der Waals surface area contributed by atoms with Crippen LogP contribution in [0.4, 0.5) is 0 Å². The first-order valence-corrected chi connectivity index (χ1v) is 7.04. The molecule has 18 heavy (non-hydrogen) atoms. The van der Waals surface area contributed by atoms with E-state index in [1.165, 1.54) is 4.68 Å². The molecule has 0 aliphatic carbocycles. The van der Waals surface area contributed by atoms with E-state index in [0.717, 1.165) is 4.47 Å². The summed E-state index contributed by atoms with van der Waals surface area (Å²) in [5.41, 5.74) is -0.139. The van der Waals surface area contributed by atoms with Gasteiger partial charge in [0.15, 0.2) is 4.60 Å². The Kier molecular flexibility index (Phi) is 3.82. The maximum atomic E-state index is 10.7. The average Bonchev–Trinajstić information content (AvgIpc) is 2.58. The van der Waals surface area contributed by atoms with Crippen molar-refractivity contribution in [3.8, 4) is 0 Å². The molecule has 0 aliphatic rings. The SMILES string of the molecule is Cn1nnc(Br)c1C(C)(O)c1ccc(Br)cc1Cl. The first kappa shape index (κ1) is 14.0. The number of hydrogen-bond donors (Lipinski definition) is 1. The molecule has 2 aromatic rings. The quantitative estimate of drug-likeness (QED) is 0.849.